The van der Waals surface area contributed by atoms with Gasteiger partial charge < -0.3 is 10.6 Å². The number of nitrogens with one attached hydrogen (secondary N) is 2. The lowest BCUT2D eigenvalue weighted by Crippen LogP contribution is -2.37. The van der Waals surface area contributed by atoms with Crippen LogP contribution in [0.25, 0.3) is 0 Å². The third-order valence-corrected chi connectivity index (χ3v) is 2.22. The summed E-state index contributed by atoms with van der Waals surface area (Å²) in [6, 6.07) is 0.640. The molecule has 13 heavy (non-hydrogen) atoms. The molecule has 0 radical (unpaired) electrons. The van der Waals surface area contributed by atoms with E-state index in [2.05, 4.69) is 28.7 Å². The monoisotopic (exact) mass is 181 g/mol. The Labute approximate surface area is 80.3 Å². The van der Waals surface area contributed by atoms with E-state index in [-0.39, 0.29) is 0 Å². The Bertz CT molecular complexity index is 190. The highest BCUT2D eigenvalue weighted by molar-refractivity contribution is 5.77. The molecule has 1 saturated heterocycles. The van der Waals surface area contributed by atoms with Gasteiger partial charge in [0.2, 0.25) is 0 Å². The van der Waals surface area contributed by atoms with E-state index in [1.807, 2.05) is 6.21 Å². The molecule has 0 atom stereocenters. The number of nitrogens with zero attached hydrogens (tertiary/aromatic N) is 1. The number of allylic oxidation sites excluding steroid dienone is 1. The second-order valence-corrected chi connectivity index (χ2v) is 3.47. The standard InChI is InChI=1S/C10H19N3/c1-9(7-11-2)8-13-10-3-5-12-6-4-10/h7-8,10,12-13H,3-6H2,1-2H3. The molecule has 0 aromatic rings. The van der Waals surface area contributed by atoms with E-state index >= 15 is 0 Å². The van der Waals surface area contributed by atoms with Crippen LogP contribution in [0.5, 0.6) is 0 Å². The van der Waals surface area contributed by atoms with E-state index < -0.39 is 0 Å². The maximum absolute atomic E-state index is 3.95. The number of hydrogen-bond acceptors (Lipinski definition) is 3. The van der Waals surface area contributed by atoms with Gasteiger partial charge in [-0.05, 0) is 38.4 Å². The Morgan fingerprint density at radius 2 is 2.15 bits per heavy atom. The molecule has 0 amide bonds. The molecule has 3 nitrogen and oxygen atoms in total. The van der Waals surface area contributed by atoms with Gasteiger partial charge in [0.25, 0.3) is 0 Å². The van der Waals surface area contributed by atoms with Crippen molar-refractivity contribution in [3.8, 4) is 0 Å². The fourth-order valence-corrected chi connectivity index (χ4v) is 1.48. The molecule has 1 rings (SSSR count). The molecule has 3 heteroatoms. The van der Waals surface area contributed by atoms with Crippen LogP contribution in [0.3, 0.4) is 0 Å². The van der Waals surface area contributed by atoms with Gasteiger partial charge >= 0.3 is 0 Å². The lowest BCUT2D eigenvalue weighted by molar-refractivity contribution is 0.419. The molecular formula is C10H19N3. The molecule has 1 heterocycles. The van der Waals surface area contributed by atoms with Crippen LogP contribution in [-0.4, -0.2) is 32.4 Å². The minimum atomic E-state index is 0.640. The van der Waals surface area contributed by atoms with Crippen LogP contribution in [0.2, 0.25) is 0 Å². The van der Waals surface area contributed by atoms with Gasteiger partial charge in [-0.25, -0.2) is 0 Å². The molecule has 0 aromatic heterocycles. The summed E-state index contributed by atoms with van der Waals surface area (Å²) in [5, 5.41) is 6.75. The first-order chi connectivity index (χ1) is 6.33. The zero-order valence-electron chi connectivity index (χ0n) is 8.51. The van der Waals surface area contributed by atoms with Crippen molar-refractivity contribution >= 4 is 6.21 Å². The van der Waals surface area contributed by atoms with Gasteiger partial charge in [0.15, 0.2) is 0 Å². The van der Waals surface area contributed by atoms with Crippen molar-refractivity contribution in [2.45, 2.75) is 25.8 Å². The summed E-state index contributed by atoms with van der Waals surface area (Å²) < 4.78 is 0. The first kappa shape index (κ1) is 10.3. The summed E-state index contributed by atoms with van der Waals surface area (Å²) in [7, 11) is 1.79. The van der Waals surface area contributed by atoms with Crippen LogP contribution < -0.4 is 10.6 Å². The van der Waals surface area contributed by atoms with Gasteiger partial charge in [0.05, 0.1) is 0 Å². The SMILES string of the molecule is CN=CC(C)=CNC1CCNCC1. The molecule has 0 bridgehead atoms. The Balaban J connectivity index is 2.27. The predicted octanol–water partition coefficient (Wildman–Crippen LogP) is 0.932. The van der Waals surface area contributed by atoms with E-state index in [4.69, 9.17) is 0 Å². The molecule has 0 unspecified atom stereocenters. The topological polar surface area (TPSA) is 36.4 Å². The van der Waals surface area contributed by atoms with Gasteiger partial charge in [-0.3, -0.25) is 4.99 Å². The fraction of sp³-hybridized carbons (Fsp3) is 0.700. The predicted molar refractivity (Wildman–Crippen MR) is 57.2 cm³/mol. The summed E-state index contributed by atoms with van der Waals surface area (Å²) in [4.78, 5) is 3.95. The molecule has 0 aromatic carbocycles. The lowest BCUT2D eigenvalue weighted by atomic mass is 10.1. The Morgan fingerprint density at radius 1 is 1.46 bits per heavy atom. The molecule has 0 spiro atoms. The van der Waals surface area contributed by atoms with Crippen LogP contribution in [0.4, 0.5) is 0 Å². The molecule has 74 valence electrons. The normalized spacial score (nSPS) is 20.9. The average Bonchev–Trinajstić information content (AvgIpc) is 2.17. The van der Waals surface area contributed by atoms with E-state index in [0.29, 0.717) is 6.04 Å². The molecule has 1 fully saturated rings. The van der Waals surface area contributed by atoms with E-state index in [1.54, 1.807) is 7.05 Å². The van der Waals surface area contributed by atoms with E-state index in [1.165, 1.54) is 18.4 Å². The van der Waals surface area contributed by atoms with Crippen LogP contribution in [0, 0.1) is 0 Å². The summed E-state index contributed by atoms with van der Waals surface area (Å²) in [6.45, 7) is 4.32. The molecule has 1 aliphatic rings. The number of hydrogen-bond donors (Lipinski definition) is 2. The van der Waals surface area contributed by atoms with Crippen molar-refractivity contribution in [1.82, 2.24) is 10.6 Å². The molecule has 0 aliphatic carbocycles. The third kappa shape index (κ3) is 4.08. The first-order valence-corrected chi connectivity index (χ1v) is 4.88. The zero-order chi connectivity index (χ0) is 9.52. The highest BCUT2D eigenvalue weighted by Crippen LogP contribution is 2.01. The van der Waals surface area contributed by atoms with E-state index in [0.717, 1.165) is 13.1 Å². The van der Waals surface area contributed by atoms with Crippen LogP contribution in [0.1, 0.15) is 19.8 Å². The maximum atomic E-state index is 3.95. The fourth-order valence-electron chi connectivity index (χ4n) is 1.48. The summed E-state index contributed by atoms with van der Waals surface area (Å²) in [5.41, 5.74) is 1.18. The second-order valence-electron chi connectivity index (χ2n) is 3.47. The Kier molecular flexibility index (Phi) is 4.54. The van der Waals surface area contributed by atoms with Crippen molar-refractivity contribution in [2.24, 2.45) is 4.99 Å². The van der Waals surface area contributed by atoms with Crippen molar-refractivity contribution < 1.29 is 0 Å². The minimum absolute atomic E-state index is 0.640. The highest BCUT2D eigenvalue weighted by Gasteiger charge is 2.09. The van der Waals surface area contributed by atoms with Gasteiger partial charge in [0, 0.05) is 25.5 Å². The largest absolute Gasteiger partial charge is 0.388 e. The van der Waals surface area contributed by atoms with Gasteiger partial charge in [0.1, 0.15) is 0 Å². The van der Waals surface area contributed by atoms with Crippen LogP contribution >= 0.6 is 0 Å². The van der Waals surface area contributed by atoms with Crippen LogP contribution in [-0.2, 0) is 0 Å². The summed E-state index contributed by atoms with van der Waals surface area (Å²) in [5.74, 6) is 0. The quantitative estimate of drug-likeness (QED) is 0.636. The van der Waals surface area contributed by atoms with E-state index in [9.17, 15) is 0 Å². The van der Waals surface area contributed by atoms with Crippen molar-refractivity contribution in [2.75, 3.05) is 20.1 Å². The highest BCUT2D eigenvalue weighted by atomic mass is 15.0. The third-order valence-electron chi connectivity index (χ3n) is 2.22. The number of piperidine rings is 1. The lowest BCUT2D eigenvalue weighted by Gasteiger charge is -2.22. The number of aliphatic imine (C=N–C) groups is 1. The molecular weight excluding hydrogens is 162 g/mol. The summed E-state index contributed by atoms with van der Waals surface area (Å²) in [6.07, 6.45) is 6.36. The van der Waals surface area contributed by atoms with Crippen molar-refractivity contribution in [3.05, 3.63) is 11.8 Å². The van der Waals surface area contributed by atoms with Crippen molar-refractivity contribution in [1.29, 1.82) is 0 Å². The second kappa shape index (κ2) is 5.75. The Morgan fingerprint density at radius 3 is 2.77 bits per heavy atom. The zero-order valence-corrected chi connectivity index (χ0v) is 8.51. The minimum Gasteiger partial charge on any atom is -0.388 e. The molecule has 1 aliphatic heterocycles. The average molecular weight is 181 g/mol. The van der Waals surface area contributed by atoms with Crippen LogP contribution in [0.15, 0.2) is 16.8 Å². The van der Waals surface area contributed by atoms with Gasteiger partial charge in [-0.1, -0.05) is 0 Å². The number of rotatable bonds is 3. The molecule has 0 saturated carbocycles. The van der Waals surface area contributed by atoms with Gasteiger partial charge in [-0.2, -0.15) is 0 Å². The Hall–Kier alpha value is -0.830. The first-order valence-electron chi connectivity index (χ1n) is 4.88. The smallest absolute Gasteiger partial charge is 0.0280 e. The maximum Gasteiger partial charge on any atom is 0.0280 e. The van der Waals surface area contributed by atoms with Crippen molar-refractivity contribution in [3.63, 3.8) is 0 Å². The van der Waals surface area contributed by atoms with Gasteiger partial charge in [-0.15, -0.1) is 0 Å². The summed E-state index contributed by atoms with van der Waals surface area (Å²) >= 11 is 0. The molecule has 2 N–H and O–H groups in total.